The van der Waals surface area contributed by atoms with Crippen molar-refractivity contribution in [3.8, 4) is 0 Å². The van der Waals surface area contributed by atoms with E-state index in [2.05, 4.69) is 18.3 Å². The van der Waals surface area contributed by atoms with Gasteiger partial charge in [-0.25, -0.2) is 4.79 Å². The molecule has 25 heavy (non-hydrogen) atoms. The van der Waals surface area contributed by atoms with Crippen LogP contribution in [0.1, 0.15) is 48.5 Å². The highest BCUT2D eigenvalue weighted by molar-refractivity contribution is 5.91. The first-order chi connectivity index (χ1) is 12.0. The predicted octanol–water partition coefficient (Wildman–Crippen LogP) is 4.82. The molecule has 0 spiro atoms. The number of aromatic carboxylic acids is 1. The Balaban J connectivity index is 0.00000151. The summed E-state index contributed by atoms with van der Waals surface area (Å²) in [6.45, 7) is 15.3. The van der Waals surface area contributed by atoms with Gasteiger partial charge in [0, 0.05) is 17.9 Å². The van der Waals surface area contributed by atoms with E-state index in [-0.39, 0.29) is 11.7 Å². The van der Waals surface area contributed by atoms with Gasteiger partial charge in [-0.05, 0) is 56.0 Å². The minimum atomic E-state index is -0.941. The summed E-state index contributed by atoms with van der Waals surface area (Å²) in [4.78, 5) is 15.1. The van der Waals surface area contributed by atoms with Crippen LogP contribution in [0.25, 0.3) is 5.52 Å². The van der Waals surface area contributed by atoms with Crippen LogP contribution in [-0.4, -0.2) is 28.8 Å². The van der Waals surface area contributed by atoms with E-state index in [1.807, 2.05) is 43.5 Å². The first-order valence-electron chi connectivity index (χ1n) is 8.21. The molecular weight excluding hydrogens is 316 g/mol. The van der Waals surface area contributed by atoms with E-state index in [9.17, 15) is 9.90 Å². The van der Waals surface area contributed by atoms with Gasteiger partial charge in [-0.3, -0.25) is 4.99 Å². The zero-order valence-electron chi connectivity index (χ0n) is 15.3. The fourth-order valence-corrected chi connectivity index (χ4v) is 2.55. The van der Waals surface area contributed by atoms with Gasteiger partial charge in [0.2, 0.25) is 0 Å². The van der Waals surface area contributed by atoms with Crippen LogP contribution in [0.3, 0.4) is 0 Å². The second-order valence-electron chi connectivity index (χ2n) is 5.29. The SMILES string of the molecule is C=N/C=C\C(=C)COC(C)c1c(C)c(C(=O)O)cc2cccn12.CC. The Hall–Kier alpha value is -2.66. The van der Waals surface area contributed by atoms with E-state index >= 15 is 0 Å². The second-order valence-corrected chi connectivity index (χ2v) is 5.29. The molecule has 0 aliphatic carbocycles. The van der Waals surface area contributed by atoms with E-state index in [1.54, 1.807) is 25.3 Å². The molecular formula is C20H26N2O3. The smallest absolute Gasteiger partial charge is 0.336 e. The van der Waals surface area contributed by atoms with Crippen molar-refractivity contribution in [2.45, 2.75) is 33.8 Å². The van der Waals surface area contributed by atoms with Crippen molar-refractivity contribution in [1.29, 1.82) is 0 Å². The van der Waals surface area contributed by atoms with E-state index in [0.29, 0.717) is 12.2 Å². The molecule has 5 nitrogen and oxygen atoms in total. The summed E-state index contributed by atoms with van der Waals surface area (Å²) in [5.74, 6) is -0.941. The van der Waals surface area contributed by atoms with Gasteiger partial charge in [-0.1, -0.05) is 20.4 Å². The molecule has 0 fully saturated rings. The summed E-state index contributed by atoms with van der Waals surface area (Å²) < 4.78 is 7.81. The third-order valence-corrected chi connectivity index (χ3v) is 3.67. The summed E-state index contributed by atoms with van der Waals surface area (Å²) >= 11 is 0. The molecule has 2 heterocycles. The van der Waals surface area contributed by atoms with Gasteiger partial charge in [0.25, 0.3) is 0 Å². The molecule has 1 atom stereocenters. The van der Waals surface area contributed by atoms with Crippen molar-refractivity contribution >= 4 is 18.2 Å². The molecule has 0 aliphatic rings. The van der Waals surface area contributed by atoms with Crippen molar-refractivity contribution in [2.24, 2.45) is 4.99 Å². The summed E-state index contributed by atoms with van der Waals surface area (Å²) in [6.07, 6.45) is 4.90. The van der Waals surface area contributed by atoms with Gasteiger partial charge in [0.15, 0.2) is 0 Å². The van der Waals surface area contributed by atoms with Gasteiger partial charge in [0.1, 0.15) is 0 Å². The van der Waals surface area contributed by atoms with Gasteiger partial charge >= 0.3 is 5.97 Å². The van der Waals surface area contributed by atoms with Gasteiger partial charge in [-0.15, -0.1) is 0 Å². The number of carboxylic acid groups (broad SMARTS) is 1. The van der Waals surface area contributed by atoms with Crippen LogP contribution < -0.4 is 0 Å². The topological polar surface area (TPSA) is 63.3 Å². The maximum absolute atomic E-state index is 11.5. The molecule has 0 aromatic carbocycles. The Labute approximate surface area is 149 Å². The van der Waals surface area contributed by atoms with E-state index in [0.717, 1.165) is 16.8 Å². The third kappa shape index (κ3) is 4.90. The molecule has 0 saturated carbocycles. The maximum Gasteiger partial charge on any atom is 0.336 e. The van der Waals surface area contributed by atoms with Crippen molar-refractivity contribution in [2.75, 3.05) is 6.61 Å². The minimum Gasteiger partial charge on any atom is -0.478 e. The normalized spacial score (nSPS) is 11.8. The van der Waals surface area contributed by atoms with Crippen molar-refractivity contribution in [1.82, 2.24) is 4.40 Å². The lowest BCUT2D eigenvalue weighted by atomic mass is 10.0. The number of hydrogen-bond acceptors (Lipinski definition) is 3. The Morgan fingerprint density at radius 2 is 2.16 bits per heavy atom. The summed E-state index contributed by atoms with van der Waals surface area (Å²) in [5.41, 5.74) is 3.40. The van der Waals surface area contributed by atoms with Crippen molar-refractivity contribution < 1.29 is 14.6 Å². The predicted molar refractivity (Wildman–Crippen MR) is 103 cm³/mol. The van der Waals surface area contributed by atoms with Crippen LogP contribution in [0.2, 0.25) is 0 Å². The first-order valence-corrected chi connectivity index (χ1v) is 8.21. The molecule has 2 rings (SSSR count). The fraction of sp³-hybridized carbons (Fsp3) is 0.300. The molecule has 2 aromatic rings. The third-order valence-electron chi connectivity index (χ3n) is 3.67. The molecule has 0 radical (unpaired) electrons. The number of hydrogen-bond donors (Lipinski definition) is 1. The monoisotopic (exact) mass is 342 g/mol. The van der Waals surface area contributed by atoms with E-state index in [1.165, 1.54) is 0 Å². The fourth-order valence-electron chi connectivity index (χ4n) is 2.55. The van der Waals surface area contributed by atoms with Gasteiger partial charge < -0.3 is 14.2 Å². The molecule has 2 aromatic heterocycles. The number of fused-ring (bicyclic) bond motifs is 1. The van der Waals surface area contributed by atoms with Crippen molar-refractivity contribution in [3.05, 3.63) is 65.6 Å². The average molecular weight is 342 g/mol. The number of carbonyl (C=O) groups is 1. The van der Waals surface area contributed by atoms with E-state index < -0.39 is 5.97 Å². The molecule has 134 valence electrons. The molecule has 0 amide bonds. The average Bonchev–Trinajstić information content (AvgIpc) is 3.06. The molecule has 0 bridgehead atoms. The largest absolute Gasteiger partial charge is 0.478 e. The Bertz CT molecular complexity index is 788. The first kappa shape index (κ1) is 20.4. The number of rotatable bonds is 7. The highest BCUT2D eigenvalue weighted by Crippen LogP contribution is 2.26. The van der Waals surface area contributed by atoms with Crippen LogP contribution in [0.5, 0.6) is 0 Å². The lowest BCUT2D eigenvalue weighted by molar-refractivity contribution is 0.0692. The Morgan fingerprint density at radius 3 is 2.76 bits per heavy atom. The van der Waals surface area contributed by atoms with Crippen LogP contribution in [-0.2, 0) is 4.74 Å². The Kier molecular flexibility index (Phi) is 7.82. The molecule has 0 saturated heterocycles. The van der Waals surface area contributed by atoms with Crippen LogP contribution in [0, 0.1) is 6.92 Å². The number of carboxylic acids is 1. The molecule has 1 unspecified atom stereocenters. The highest BCUT2D eigenvalue weighted by Gasteiger charge is 2.19. The number of aromatic nitrogens is 1. The summed E-state index contributed by atoms with van der Waals surface area (Å²) in [7, 11) is 0. The zero-order valence-corrected chi connectivity index (χ0v) is 15.3. The standard InChI is InChI=1S/C18H20N2O3.C2H6/c1-12(7-8-19-4)11-23-14(3)17-13(2)16(18(21)22)10-15-6-5-9-20(15)17;1-2/h5-10,14H,1,4,11H2,2-3H3,(H,21,22);1-2H3/b8-7-;. The minimum absolute atomic E-state index is 0.286. The summed E-state index contributed by atoms with van der Waals surface area (Å²) in [5, 5.41) is 9.39. The quantitative estimate of drug-likeness (QED) is 0.579. The van der Waals surface area contributed by atoms with E-state index in [4.69, 9.17) is 4.74 Å². The van der Waals surface area contributed by atoms with Crippen LogP contribution in [0.15, 0.2) is 53.8 Å². The molecule has 0 aliphatic heterocycles. The van der Waals surface area contributed by atoms with Crippen LogP contribution >= 0.6 is 0 Å². The molecule has 1 N–H and O–H groups in total. The number of nitrogens with zero attached hydrogens (tertiary/aromatic N) is 2. The lowest BCUT2D eigenvalue weighted by Gasteiger charge is -2.20. The summed E-state index contributed by atoms with van der Waals surface area (Å²) in [6, 6.07) is 5.43. The second kappa shape index (κ2) is 9.59. The Morgan fingerprint density at radius 1 is 1.48 bits per heavy atom. The number of aliphatic imine (C=N–C) groups is 1. The van der Waals surface area contributed by atoms with Gasteiger partial charge in [0.05, 0.1) is 24.0 Å². The zero-order chi connectivity index (χ0) is 19.0. The lowest BCUT2D eigenvalue weighted by Crippen LogP contribution is -2.13. The molecule has 5 heteroatoms. The van der Waals surface area contributed by atoms with Gasteiger partial charge in [-0.2, -0.15) is 0 Å². The van der Waals surface area contributed by atoms with Crippen LogP contribution in [0.4, 0.5) is 0 Å². The number of ether oxygens (including phenoxy) is 1. The maximum atomic E-state index is 11.5. The van der Waals surface area contributed by atoms with Crippen molar-refractivity contribution in [3.63, 3.8) is 0 Å². The number of pyridine rings is 1. The highest BCUT2D eigenvalue weighted by atomic mass is 16.5.